The van der Waals surface area contributed by atoms with Crippen LogP contribution in [0, 0.1) is 5.92 Å². The molecule has 1 rings (SSSR count). The Hall–Kier alpha value is -1.91. The van der Waals surface area contributed by atoms with Crippen molar-refractivity contribution in [3.05, 3.63) is 30.1 Å². The van der Waals surface area contributed by atoms with E-state index in [4.69, 9.17) is 9.47 Å². The summed E-state index contributed by atoms with van der Waals surface area (Å²) < 4.78 is 10.5. The van der Waals surface area contributed by atoms with Crippen LogP contribution >= 0.6 is 0 Å². The third-order valence-corrected chi connectivity index (χ3v) is 2.79. The third-order valence-electron chi connectivity index (χ3n) is 2.79. The van der Waals surface area contributed by atoms with E-state index >= 15 is 0 Å². The van der Waals surface area contributed by atoms with E-state index in [9.17, 15) is 9.59 Å². The highest BCUT2D eigenvalue weighted by molar-refractivity contribution is 5.80. The molecular formula is C16H23NO4. The molecule has 0 aliphatic carbocycles. The van der Waals surface area contributed by atoms with E-state index in [2.05, 4.69) is 4.98 Å². The molecule has 0 saturated carbocycles. The zero-order valence-electron chi connectivity index (χ0n) is 12.9. The third kappa shape index (κ3) is 6.38. The van der Waals surface area contributed by atoms with Crippen LogP contribution in [0.5, 0.6) is 0 Å². The average molecular weight is 293 g/mol. The number of hydrogen-bond donors (Lipinski definition) is 0. The van der Waals surface area contributed by atoms with Gasteiger partial charge in [-0.1, -0.05) is 27.2 Å². The Morgan fingerprint density at radius 1 is 1.24 bits per heavy atom. The van der Waals surface area contributed by atoms with E-state index in [-0.39, 0.29) is 12.3 Å². The van der Waals surface area contributed by atoms with E-state index in [0.717, 1.165) is 12.8 Å². The van der Waals surface area contributed by atoms with Gasteiger partial charge in [0, 0.05) is 24.4 Å². The lowest BCUT2D eigenvalue weighted by atomic mass is 10.1. The summed E-state index contributed by atoms with van der Waals surface area (Å²) >= 11 is 0. The molecule has 5 nitrogen and oxygen atoms in total. The van der Waals surface area contributed by atoms with Gasteiger partial charge in [0.15, 0.2) is 0 Å². The van der Waals surface area contributed by atoms with Crippen molar-refractivity contribution in [3.63, 3.8) is 0 Å². The van der Waals surface area contributed by atoms with Crippen LogP contribution in [0.15, 0.2) is 24.5 Å². The second-order valence-corrected chi connectivity index (χ2v) is 5.27. The molecule has 1 aromatic heterocycles. The van der Waals surface area contributed by atoms with Gasteiger partial charge in [-0.15, -0.1) is 0 Å². The highest BCUT2D eigenvalue weighted by Gasteiger charge is 2.26. The Labute approximate surface area is 125 Å². The lowest BCUT2D eigenvalue weighted by Crippen LogP contribution is -2.23. The molecule has 116 valence electrons. The Morgan fingerprint density at radius 3 is 2.48 bits per heavy atom. The van der Waals surface area contributed by atoms with Crippen molar-refractivity contribution >= 4 is 11.9 Å². The second kappa shape index (κ2) is 9.10. The minimum absolute atomic E-state index is 0.173. The summed E-state index contributed by atoms with van der Waals surface area (Å²) in [5, 5.41) is 0. The predicted octanol–water partition coefficient (Wildman–Crippen LogP) is 3.06. The number of unbranched alkanes of at least 4 members (excludes halogenated alkanes) is 1. The Morgan fingerprint density at radius 2 is 1.90 bits per heavy atom. The number of carbonyl (C=O) groups excluding carboxylic acids is 2. The van der Waals surface area contributed by atoms with Crippen LogP contribution in [0.4, 0.5) is 0 Å². The summed E-state index contributed by atoms with van der Waals surface area (Å²) in [5.74, 6) is -0.766. The number of esters is 2. The van der Waals surface area contributed by atoms with Crippen molar-refractivity contribution < 1.29 is 19.1 Å². The van der Waals surface area contributed by atoms with Gasteiger partial charge in [-0.2, -0.15) is 0 Å². The molecule has 0 aliphatic heterocycles. The largest absolute Gasteiger partial charge is 0.463 e. The van der Waals surface area contributed by atoms with E-state index in [1.807, 2.05) is 20.8 Å². The summed E-state index contributed by atoms with van der Waals surface area (Å²) in [5.41, 5.74) is 0.573. The van der Waals surface area contributed by atoms with E-state index < -0.39 is 18.0 Å². The lowest BCUT2D eigenvalue weighted by molar-refractivity contribution is -0.169. The SMILES string of the molecule is CCCCOC(=O)C(OC(=O)CC(C)C)c1ccncc1. The average Bonchev–Trinajstić information content (AvgIpc) is 2.45. The van der Waals surface area contributed by atoms with Crippen molar-refractivity contribution in [2.75, 3.05) is 6.61 Å². The smallest absolute Gasteiger partial charge is 0.352 e. The van der Waals surface area contributed by atoms with Gasteiger partial charge in [0.1, 0.15) is 0 Å². The van der Waals surface area contributed by atoms with Crippen molar-refractivity contribution in [1.82, 2.24) is 4.98 Å². The Bertz CT molecular complexity index is 445. The van der Waals surface area contributed by atoms with Gasteiger partial charge in [-0.3, -0.25) is 9.78 Å². The number of nitrogens with zero attached hydrogens (tertiary/aromatic N) is 1. The summed E-state index contributed by atoms with van der Waals surface area (Å²) in [7, 11) is 0. The van der Waals surface area contributed by atoms with Gasteiger partial charge in [0.05, 0.1) is 6.61 Å². The van der Waals surface area contributed by atoms with Crippen LogP contribution in [0.25, 0.3) is 0 Å². The molecule has 0 spiro atoms. The fourth-order valence-electron chi connectivity index (χ4n) is 1.70. The van der Waals surface area contributed by atoms with E-state index in [1.54, 1.807) is 24.5 Å². The Balaban J connectivity index is 2.75. The van der Waals surface area contributed by atoms with Gasteiger partial charge in [0.25, 0.3) is 0 Å². The van der Waals surface area contributed by atoms with Crippen LogP contribution in [0.2, 0.25) is 0 Å². The normalized spacial score (nSPS) is 12.0. The summed E-state index contributed by atoms with van der Waals surface area (Å²) in [6.45, 7) is 6.18. The first-order chi connectivity index (χ1) is 10.0. The number of carbonyl (C=O) groups is 2. The van der Waals surface area contributed by atoms with Crippen molar-refractivity contribution in [3.8, 4) is 0 Å². The summed E-state index contributed by atoms with van der Waals surface area (Å²) in [6.07, 6.45) is 4.07. The topological polar surface area (TPSA) is 65.5 Å². The lowest BCUT2D eigenvalue weighted by Gasteiger charge is -2.17. The van der Waals surface area contributed by atoms with Gasteiger partial charge in [-0.05, 0) is 24.5 Å². The highest BCUT2D eigenvalue weighted by atomic mass is 16.6. The number of pyridine rings is 1. The zero-order chi connectivity index (χ0) is 15.7. The van der Waals surface area contributed by atoms with Gasteiger partial charge >= 0.3 is 11.9 Å². The molecule has 0 bridgehead atoms. The van der Waals surface area contributed by atoms with Gasteiger partial charge in [-0.25, -0.2) is 4.79 Å². The zero-order valence-corrected chi connectivity index (χ0v) is 12.9. The first-order valence-corrected chi connectivity index (χ1v) is 7.30. The quantitative estimate of drug-likeness (QED) is 0.544. The van der Waals surface area contributed by atoms with Crippen LogP contribution in [0.3, 0.4) is 0 Å². The predicted molar refractivity (Wildman–Crippen MR) is 78.4 cm³/mol. The molecule has 1 atom stereocenters. The number of ether oxygens (including phenoxy) is 2. The molecule has 0 aliphatic rings. The standard InChI is InChI=1S/C16H23NO4/c1-4-5-10-20-16(19)15(13-6-8-17-9-7-13)21-14(18)11-12(2)3/h6-9,12,15H,4-5,10-11H2,1-3H3. The maximum Gasteiger partial charge on any atom is 0.352 e. The van der Waals surface area contributed by atoms with Crippen LogP contribution in [-0.4, -0.2) is 23.5 Å². The molecule has 0 amide bonds. The maximum atomic E-state index is 12.1. The van der Waals surface area contributed by atoms with Gasteiger partial charge < -0.3 is 9.47 Å². The Kier molecular flexibility index (Phi) is 7.43. The molecule has 0 N–H and O–H groups in total. The highest BCUT2D eigenvalue weighted by Crippen LogP contribution is 2.20. The van der Waals surface area contributed by atoms with Crippen LogP contribution in [0.1, 0.15) is 51.7 Å². The van der Waals surface area contributed by atoms with E-state index in [0.29, 0.717) is 12.2 Å². The monoisotopic (exact) mass is 293 g/mol. The number of aromatic nitrogens is 1. The maximum absolute atomic E-state index is 12.1. The summed E-state index contributed by atoms with van der Waals surface area (Å²) in [6, 6.07) is 3.29. The molecule has 0 radical (unpaired) electrons. The van der Waals surface area contributed by atoms with E-state index in [1.165, 1.54) is 0 Å². The fraction of sp³-hybridized carbons (Fsp3) is 0.562. The van der Waals surface area contributed by atoms with Crippen molar-refractivity contribution in [1.29, 1.82) is 0 Å². The van der Waals surface area contributed by atoms with Gasteiger partial charge in [0.2, 0.25) is 6.10 Å². The minimum atomic E-state index is -1.02. The molecule has 1 aromatic rings. The molecule has 1 unspecified atom stereocenters. The first kappa shape index (κ1) is 17.1. The molecular weight excluding hydrogens is 270 g/mol. The van der Waals surface area contributed by atoms with Crippen molar-refractivity contribution in [2.24, 2.45) is 5.92 Å². The molecule has 1 heterocycles. The fourth-order valence-corrected chi connectivity index (χ4v) is 1.70. The van der Waals surface area contributed by atoms with Crippen LogP contribution < -0.4 is 0 Å². The molecule has 0 aromatic carbocycles. The first-order valence-electron chi connectivity index (χ1n) is 7.30. The number of rotatable bonds is 8. The minimum Gasteiger partial charge on any atom is -0.463 e. The van der Waals surface area contributed by atoms with Crippen molar-refractivity contribution in [2.45, 2.75) is 46.1 Å². The summed E-state index contributed by atoms with van der Waals surface area (Å²) in [4.78, 5) is 27.8. The molecule has 0 fully saturated rings. The second-order valence-electron chi connectivity index (χ2n) is 5.27. The molecule has 5 heteroatoms. The van der Waals surface area contributed by atoms with Crippen LogP contribution in [-0.2, 0) is 19.1 Å². The molecule has 0 saturated heterocycles. The molecule has 21 heavy (non-hydrogen) atoms. The number of hydrogen-bond acceptors (Lipinski definition) is 5.